The SMILES string of the molecule is CCCNC(Cc1ncc[nH]1)c1ccc(Cl)c(C)c1. The van der Waals surface area contributed by atoms with E-state index in [1.54, 1.807) is 6.20 Å². The van der Waals surface area contributed by atoms with Crippen molar-refractivity contribution in [2.75, 3.05) is 6.54 Å². The van der Waals surface area contributed by atoms with Gasteiger partial charge in [-0.2, -0.15) is 0 Å². The predicted octanol–water partition coefficient (Wildman–Crippen LogP) is 3.65. The maximum Gasteiger partial charge on any atom is 0.107 e. The number of hydrogen-bond acceptors (Lipinski definition) is 2. The number of rotatable bonds is 6. The first-order valence-electron chi connectivity index (χ1n) is 6.68. The molecule has 1 atom stereocenters. The van der Waals surface area contributed by atoms with Gasteiger partial charge < -0.3 is 10.3 Å². The van der Waals surface area contributed by atoms with E-state index in [1.807, 2.05) is 19.2 Å². The van der Waals surface area contributed by atoms with E-state index in [0.29, 0.717) is 0 Å². The Morgan fingerprint density at radius 3 is 2.89 bits per heavy atom. The molecule has 1 unspecified atom stereocenters. The van der Waals surface area contributed by atoms with Crippen molar-refractivity contribution in [2.45, 2.75) is 32.7 Å². The van der Waals surface area contributed by atoms with Crippen LogP contribution in [0.3, 0.4) is 0 Å². The smallest absolute Gasteiger partial charge is 0.107 e. The second-order valence-corrected chi connectivity index (χ2v) is 5.16. The van der Waals surface area contributed by atoms with E-state index in [4.69, 9.17) is 11.6 Å². The average Bonchev–Trinajstić information content (AvgIpc) is 2.91. The summed E-state index contributed by atoms with van der Waals surface area (Å²) in [5.74, 6) is 1.00. The summed E-state index contributed by atoms with van der Waals surface area (Å²) in [7, 11) is 0. The zero-order valence-corrected chi connectivity index (χ0v) is 12.2. The molecule has 0 aliphatic carbocycles. The Hall–Kier alpha value is -1.32. The number of H-pyrrole nitrogens is 1. The highest BCUT2D eigenvalue weighted by Gasteiger charge is 2.13. The number of aromatic nitrogens is 2. The maximum absolute atomic E-state index is 6.09. The highest BCUT2D eigenvalue weighted by molar-refractivity contribution is 6.31. The predicted molar refractivity (Wildman–Crippen MR) is 79.5 cm³/mol. The van der Waals surface area contributed by atoms with E-state index in [9.17, 15) is 0 Å². The summed E-state index contributed by atoms with van der Waals surface area (Å²) in [6, 6.07) is 6.47. The van der Waals surface area contributed by atoms with Crippen LogP contribution in [0.1, 0.15) is 36.3 Å². The number of halogens is 1. The Labute approximate surface area is 119 Å². The average molecular weight is 278 g/mol. The van der Waals surface area contributed by atoms with Crippen molar-refractivity contribution in [1.29, 1.82) is 0 Å². The molecule has 2 rings (SSSR count). The summed E-state index contributed by atoms with van der Waals surface area (Å²) in [5.41, 5.74) is 2.37. The summed E-state index contributed by atoms with van der Waals surface area (Å²) in [6.07, 6.45) is 5.62. The lowest BCUT2D eigenvalue weighted by molar-refractivity contribution is 0.520. The van der Waals surface area contributed by atoms with Gasteiger partial charge in [0.15, 0.2) is 0 Å². The molecule has 0 bridgehead atoms. The van der Waals surface area contributed by atoms with Crippen LogP contribution in [-0.4, -0.2) is 16.5 Å². The molecular weight excluding hydrogens is 258 g/mol. The molecule has 1 heterocycles. The van der Waals surface area contributed by atoms with E-state index in [2.05, 4.69) is 34.3 Å². The molecule has 0 aliphatic heterocycles. The lowest BCUT2D eigenvalue weighted by Crippen LogP contribution is -2.24. The Morgan fingerprint density at radius 2 is 2.26 bits per heavy atom. The molecule has 3 nitrogen and oxygen atoms in total. The molecule has 0 saturated heterocycles. The Kier molecular flexibility index (Phi) is 5.00. The van der Waals surface area contributed by atoms with Crippen molar-refractivity contribution in [2.24, 2.45) is 0 Å². The van der Waals surface area contributed by atoms with Crippen LogP contribution in [0.5, 0.6) is 0 Å². The largest absolute Gasteiger partial charge is 0.349 e. The number of benzene rings is 1. The van der Waals surface area contributed by atoms with Crippen molar-refractivity contribution in [3.8, 4) is 0 Å². The molecule has 19 heavy (non-hydrogen) atoms. The van der Waals surface area contributed by atoms with Gasteiger partial charge in [-0.25, -0.2) is 4.98 Å². The number of imidazole rings is 1. The summed E-state index contributed by atoms with van der Waals surface area (Å²) in [5, 5.41) is 4.38. The van der Waals surface area contributed by atoms with Gasteiger partial charge in [0.1, 0.15) is 5.82 Å². The van der Waals surface area contributed by atoms with Crippen molar-refractivity contribution in [1.82, 2.24) is 15.3 Å². The molecular formula is C15H20ClN3. The van der Waals surface area contributed by atoms with Crippen LogP contribution in [0.4, 0.5) is 0 Å². The van der Waals surface area contributed by atoms with Crippen molar-refractivity contribution < 1.29 is 0 Å². The molecule has 2 N–H and O–H groups in total. The van der Waals surface area contributed by atoms with Gasteiger partial charge in [-0.1, -0.05) is 30.7 Å². The van der Waals surface area contributed by atoms with E-state index >= 15 is 0 Å². The van der Waals surface area contributed by atoms with Crippen LogP contribution in [0, 0.1) is 6.92 Å². The Morgan fingerprint density at radius 1 is 1.42 bits per heavy atom. The van der Waals surface area contributed by atoms with Crippen LogP contribution in [0.25, 0.3) is 0 Å². The fourth-order valence-electron chi connectivity index (χ4n) is 2.11. The Bertz CT molecular complexity index is 508. The van der Waals surface area contributed by atoms with Crippen molar-refractivity contribution in [3.05, 3.63) is 52.6 Å². The summed E-state index contributed by atoms with van der Waals surface area (Å²) >= 11 is 6.09. The minimum atomic E-state index is 0.266. The summed E-state index contributed by atoms with van der Waals surface area (Å²) < 4.78 is 0. The van der Waals surface area contributed by atoms with Crippen LogP contribution in [0.2, 0.25) is 5.02 Å². The molecule has 0 radical (unpaired) electrons. The molecule has 2 aromatic rings. The van der Waals surface area contributed by atoms with Crippen LogP contribution in [0.15, 0.2) is 30.6 Å². The summed E-state index contributed by atoms with van der Waals surface area (Å²) in [6.45, 7) is 5.20. The van der Waals surface area contributed by atoms with Gasteiger partial charge in [-0.15, -0.1) is 0 Å². The molecule has 4 heteroatoms. The number of hydrogen-bond donors (Lipinski definition) is 2. The van der Waals surface area contributed by atoms with Crippen molar-refractivity contribution >= 4 is 11.6 Å². The molecule has 0 aliphatic rings. The molecule has 0 spiro atoms. The minimum Gasteiger partial charge on any atom is -0.349 e. The van der Waals surface area contributed by atoms with E-state index in [-0.39, 0.29) is 6.04 Å². The van der Waals surface area contributed by atoms with Gasteiger partial charge in [0, 0.05) is 29.9 Å². The third-order valence-corrected chi connectivity index (χ3v) is 3.60. The lowest BCUT2D eigenvalue weighted by atomic mass is 10.0. The topological polar surface area (TPSA) is 40.7 Å². The normalized spacial score (nSPS) is 12.6. The number of aromatic amines is 1. The summed E-state index contributed by atoms with van der Waals surface area (Å²) in [4.78, 5) is 7.47. The molecule has 0 fully saturated rings. The first kappa shape index (κ1) is 14.1. The van der Waals surface area contributed by atoms with Gasteiger partial charge in [0.2, 0.25) is 0 Å². The zero-order chi connectivity index (χ0) is 13.7. The highest BCUT2D eigenvalue weighted by atomic mass is 35.5. The second kappa shape index (κ2) is 6.73. The standard InChI is InChI=1S/C15H20ClN3/c1-3-6-17-14(10-15-18-7-8-19-15)12-4-5-13(16)11(2)9-12/h4-5,7-9,14,17H,3,6,10H2,1-2H3,(H,18,19). The van der Waals surface area contributed by atoms with E-state index in [1.165, 1.54) is 5.56 Å². The molecule has 0 amide bonds. The number of aryl methyl sites for hydroxylation is 1. The zero-order valence-electron chi connectivity index (χ0n) is 11.4. The van der Waals surface area contributed by atoms with Gasteiger partial charge in [0.05, 0.1) is 0 Å². The second-order valence-electron chi connectivity index (χ2n) is 4.76. The monoisotopic (exact) mass is 277 g/mol. The van der Waals surface area contributed by atoms with E-state index < -0.39 is 0 Å². The fraction of sp³-hybridized carbons (Fsp3) is 0.400. The van der Waals surface area contributed by atoms with Crippen molar-refractivity contribution in [3.63, 3.8) is 0 Å². The van der Waals surface area contributed by atoms with Crippen LogP contribution in [-0.2, 0) is 6.42 Å². The third kappa shape index (κ3) is 3.82. The van der Waals surface area contributed by atoms with Gasteiger partial charge in [-0.05, 0) is 37.1 Å². The molecule has 0 saturated carbocycles. The first-order valence-corrected chi connectivity index (χ1v) is 7.06. The van der Waals surface area contributed by atoms with Gasteiger partial charge in [0.25, 0.3) is 0 Å². The van der Waals surface area contributed by atoms with E-state index in [0.717, 1.165) is 35.8 Å². The first-order chi connectivity index (χ1) is 9.20. The Balaban J connectivity index is 2.18. The minimum absolute atomic E-state index is 0.266. The lowest BCUT2D eigenvalue weighted by Gasteiger charge is -2.19. The molecule has 1 aromatic carbocycles. The maximum atomic E-state index is 6.09. The fourth-order valence-corrected chi connectivity index (χ4v) is 2.23. The molecule has 1 aromatic heterocycles. The van der Waals surface area contributed by atoms with Gasteiger partial charge >= 0.3 is 0 Å². The van der Waals surface area contributed by atoms with Crippen LogP contribution >= 0.6 is 11.6 Å². The highest BCUT2D eigenvalue weighted by Crippen LogP contribution is 2.22. The third-order valence-electron chi connectivity index (χ3n) is 3.18. The molecule has 102 valence electrons. The van der Waals surface area contributed by atoms with Gasteiger partial charge in [-0.3, -0.25) is 0 Å². The van der Waals surface area contributed by atoms with Crippen LogP contribution < -0.4 is 5.32 Å². The quantitative estimate of drug-likeness (QED) is 0.846. The number of nitrogens with zero attached hydrogens (tertiary/aromatic N) is 1. The number of nitrogens with one attached hydrogen (secondary N) is 2.